The number of aliphatic hydroxyl groups excluding tert-OH is 17. The van der Waals surface area contributed by atoms with Crippen molar-refractivity contribution in [2.45, 2.75) is 391 Å². The fourth-order valence-electron chi connectivity index (χ4n) is 14.1. The number of hydrogen-bond acceptors (Lipinski definition) is 30. The van der Waals surface area contributed by atoms with Gasteiger partial charge in [0.2, 0.25) is 11.8 Å². The van der Waals surface area contributed by atoms with Crippen LogP contribution in [0.25, 0.3) is 0 Å². The predicted molar refractivity (Wildman–Crippen MR) is 376 cm³/mol. The zero-order valence-electron chi connectivity index (χ0n) is 62.3. The van der Waals surface area contributed by atoms with Gasteiger partial charge in [0.05, 0.1) is 57.9 Å². The molecule has 33 heteroatoms. The number of aliphatic carboxylic acids is 1. The average Bonchev–Trinajstić information content (AvgIpc) is 0.775. The van der Waals surface area contributed by atoms with Crippen LogP contribution < -0.4 is 10.6 Å². The van der Waals surface area contributed by atoms with Crippen molar-refractivity contribution in [3.8, 4) is 0 Å². The SMILES string of the molecule is CCCCCCCCCCCCC/C=C/[C@@H](O)[C@H](CO[C@@H]1OC(CO)[C@@H](O[C@@H]2OC(CO)[C@H](O)[C@H](O[C@@H]3OC(CO)[C@@H](O)[C@H](O[C@@H]4OC(CO[C@]5(C(=O)O)CC(O)[C@@H](O)C([C@H](O)[C@H](O)CO)O5)[C@H](O)[C@H](O)C4O)C3NC(C)=O)C2O)[C@H](O)C1O)NC(=O)CCCCCCCCCCCCCCCCCCC. The van der Waals surface area contributed by atoms with Crippen LogP contribution in [0.2, 0.25) is 0 Å². The molecule has 2 amide bonds. The highest BCUT2D eigenvalue weighted by Crippen LogP contribution is 2.38. The molecular formula is C73H132N2O31. The Morgan fingerprint density at radius 2 is 0.953 bits per heavy atom. The predicted octanol–water partition coefficient (Wildman–Crippen LogP) is -0.406. The Morgan fingerprint density at radius 3 is 1.46 bits per heavy atom. The van der Waals surface area contributed by atoms with Gasteiger partial charge in [-0.2, -0.15) is 0 Å². The first-order valence-electron chi connectivity index (χ1n) is 39.1. The maximum Gasteiger partial charge on any atom is 0.364 e. The minimum atomic E-state index is -3.00. The fourth-order valence-corrected chi connectivity index (χ4v) is 14.1. The van der Waals surface area contributed by atoms with Crippen LogP contribution in [0.4, 0.5) is 0 Å². The number of rotatable bonds is 53. The molecule has 620 valence electrons. The molecule has 20 N–H and O–H groups in total. The third-order valence-corrected chi connectivity index (χ3v) is 20.7. The molecule has 33 nitrogen and oxygen atoms in total. The molecule has 0 saturated carbocycles. The van der Waals surface area contributed by atoms with Crippen LogP contribution in [-0.2, 0) is 61.8 Å². The summed E-state index contributed by atoms with van der Waals surface area (Å²) in [5, 5.41) is 202. The Hall–Kier alpha value is -2.93. The van der Waals surface area contributed by atoms with Crippen molar-refractivity contribution in [2.75, 3.05) is 39.6 Å². The zero-order valence-corrected chi connectivity index (χ0v) is 62.3. The van der Waals surface area contributed by atoms with Gasteiger partial charge in [0.1, 0.15) is 122 Å². The molecule has 0 aromatic heterocycles. The Bertz CT molecular complexity index is 2410. The second kappa shape index (κ2) is 50.2. The monoisotopic (exact) mass is 1530 g/mol. The van der Waals surface area contributed by atoms with Crippen molar-refractivity contribution < 1.29 is 154 Å². The Balaban J connectivity index is 1.23. The lowest BCUT2D eigenvalue weighted by Gasteiger charge is -2.50. The van der Waals surface area contributed by atoms with Gasteiger partial charge in [-0.1, -0.05) is 193 Å². The van der Waals surface area contributed by atoms with Gasteiger partial charge in [-0.3, -0.25) is 9.59 Å². The summed E-state index contributed by atoms with van der Waals surface area (Å²) in [6, 6.07) is -2.93. The number of nitrogens with one attached hydrogen (secondary N) is 2. The summed E-state index contributed by atoms with van der Waals surface area (Å²) in [5.74, 6) is -6.22. The lowest BCUT2D eigenvalue weighted by Crippen LogP contribution is -2.70. The fraction of sp³-hybridized carbons (Fsp3) is 0.932. The summed E-state index contributed by atoms with van der Waals surface area (Å²) in [7, 11) is 0. The van der Waals surface area contributed by atoms with Crippen LogP contribution in [0.1, 0.15) is 220 Å². The Labute approximate surface area is 622 Å². The van der Waals surface area contributed by atoms with E-state index in [0.29, 0.717) is 12.8 Å². The molecule has 10 unspecified atom stereocenters. The molecule has 5 heterocycles. The lowest BCUT2D eigenvalue weighted by atomic mass is 9.90. The first-order valence-corrected chi connectivity index (χ1v) is 39.1. The second-order valence-corrected chi connectivity index (χ2v) is 29.3. The summed E-state index contributed by atoms with van der Waals surface area (Å²) in [4.78, 5) is 39.2. The van der Waals surface area contributed by atoms with Crippen molar-refractivity contribution in [1.82, 2.24) is 10.6 Å². The van der Waals surface area contributed by atoms with Crippen LogP contribution in [0.3, 0.4) is 0 Å². The number of carboxylic acids is 1. The number of hydrogen-bond donors (Lipinski definition) is 20. The number of amides is 2. The van der Waals surface area contributed by atoms with E-state index in [1.54, 1.807) is 6.08 Å². The third kappa shape index (κ3) is 29.2. The largest absolute Gasteiger partial charge is 0.477 e. The zero-order chi connectivity index (χ0) is 77.9. The van der Waals surface area contributed by atoms with E-state index < -0.39 is 229 Å². The van der Waals surface area contributed by atoms with Gasteiger partial charge in [-0.25, -0.2) is 4.79 Å². The van der Waals surface area contributed by atoms with E-state index in [1.165, 1.54) is 122 Å². The Morgan fingerprint density at radius 1 is 0.500 bits per heavy atom. The van der Waals surface area contributed by atoms with Crippen LogP contribution in [0.15, 0.2) is 12.2 Å². The van der Waals surface area contributed by atoms with Crippen LogP contribution >= 0.6 is 0 Å². The molecule has 5 saturated heterocycles. The van der Waals surface area contributed by atoms with E-state index in [0.717, 1.165) is 58.3 Å². The summed E-state index contributed by atoms with van der Waals surface area (Å²) in [5.41, 5.74) is 0. The van der Waals surface area contributed by atoms with Gasteiger partial charge >= 0.3 is 5.97 Å². The minimum Gasteiger partial charge on any atom is -0.477 e. The highest BCUT2D eigenvalue weighted by Gasteiger charge is 2.59. The molecule has 0 spiro atoms. The van der Waals surface area contributed by atoms with Crippen molar-refractivity contribution in [1.29, 1.82) is 0 Å². The highest BCUT2D eigenvalue weighted by atomic mass is 16.8. The summed E-state index contributed by atoms with van der Waals surface area (Å²) >= 11 is 0. The van der Waals surface area contributed by atoms with Crippen LogP contribution in [0.5, 0.6) is 0 Å². The van der Waals surface area contributed by atoms with Crippen molar-refractivity contribution >= 4 is 17.8 Å². The van der Waals surface area contributed by atoms with Gasteiger partial charge in [-0.15, -0.1) is 0 Å². The lowest BCUT2D eigenvalue weighted by molar-refractivity contribution is -0.382. The van der Waals surface area contributed by atoms with E-state index in [9.17, 15) is 106 Å². The molecule has 5 aliphatic rings. The normalized spacial score (nSPS) is 34.9. The molecule has 0 bridgehead atoms. The van der Waals surface area contributed by atoms with Crippen molar-refractivity contribution in [3.63, 3.8) is 0 Å². The maximum absolute atomic E-state index is 13.5. The van der Waals surface area contributed by atoms with Gasteiger partial charge in [0.15, 0.2) is 25.2 Å². The quantitative estimate of drug-likeness (QED) is 0.0272. The molecule has 5 aliphatic heterocycles. The maximum atomic E-state index is 13.5. The smallest absolute Gasteiger partial charge is 0.364 e. The van der Waals surface area contributed by atoms with Gasteiger partial charge in [0, 0.05) is 19.8 Å². The van der Waals surface area contributed by atoms with Crippen LogP contribution in [0, 0.1) is 0 Å². The third-order valence-electron chi connectivity index (χ3n) is 20.7. The topological polar surface area (TPSA) is 532 Å². The van der Waals surface area contributed by atoms with Crippen molar-refractivity contribution in [2.24, 2.45) is 0 Å². The molecule has 0 aromatic rings. The number of carbonyl (C=O) groups is 3. The van der Waals surface area contributed by atoms with Gasteiger partial charge in [0.25, 0.3) is 5.79 Å². The van der Waals surface area contributed by atoms with Crippen LogP contribution in [-0.4, -0.2) is 321 Å². The standard InChI is InChI=1S/C73H132N2O31/c1-4-6-8-10-12-14-16-18-19-20-21-23-25-27-29-31-33-35-52(84)75-44(45(81)34-32-30-28-26-24-22-17-15-13-11-9-7-5-2)41-97-69-62(93)60(91)64(50(40-79)101-69)103-71-63(94)66(58(89)49(39-78)100-71)105-68-53(74-43(3)80)65(57(88)48(38-77)99-68)104-70-61(92)59(90)56(87)51(102-70)42-98-73(72(95)96)36-46(82)54(85)67(106-73)55(86)47(83)37-76/h32,34,44-51,53-71,76-79,81-83,85-94H,4-31,33,35-42H2,1-3H3,(H,74,80)(H,75,84)(H,95,96)/b34-32+/t44-,45+,46?,47+,48?,49?,50?,51?,53?,54+,55+,56-,57+,58-,59-,60+,61?,62?,63?,64+,65+,66-,67?,68-,69+,70-,71-,73+/m0/s1. The first-order chi connectivity index (χ1) is 50.8. The number of carboxylic acid groups (broad SMARTS) is 1. The molecule has 0 aliphatic carbocycles. The number of allylic oxidation sites excluding steroid dienone is 1. The first kappa shape index (κ1) is 93.7. The average molecular weight is 1530 g/mol. The van der Waals surface area contributed by atoms with E-state index in [1.807, 2.05) is 6.08 Å². The van der Waals surface area contributed by atoms with E-state index in [4.69, 9.17) is 47.4 Å². The number of ether oxygens (including phenoxy) is 10. The van der Waals surface area contributed by atoms with E-state index in [-0.39, 0.29) is 12.3 Å². The van der Waals surface area contributed by atoms with Gasteiger partial charge in [-0.05, 0) is 19.3 Å². The summed E-state index contributed by atoms with van der Waals surface area (Å²) < 4.78 is 58.3. The number of unbranched alkanes of at least 4 members (excludes halogenated alkanes) is 27. The molecule has 5 fully saturated rings. The number of carbonyl (C=O) groups excluding carboxylic acids is 2. The minimum absolute atomic E-state index is 0.174. The molecule has 106 heavy (non-hydrogen) atoms. The highest BCUT2D eigenvalue weighted by molar-refractivity contribution is 5.76. The molecule has 0 radical (unpaired) electrons. The number of aliphatic hydroxyl groups is 17. The molecular weight excluding hydrogens is 1400 g/mol. The van der Waals surface area contributed by atoms with Gasteiger partial charge < -0.3 is 150 Å². The van der Waals surface area contributed by atoms with Crippen molar-refractivity contribution in [3.05, 3.63) is 12.2 Å². The second-order valence-electron chi connectivity index (χ2n) is 29.3. The molecule has 28 atom stereocenters. The van der Waals surface area contributed by atoms with E-state index in [2.05, 4.69) is 24.5 Å². The Kier molecular flexibility index (Phi) is 44.4. The van der Waals surface area contributed by atoms with E-state index >= 15 is 0 Å². The molecule has 0 aromatic carbocycles. The molecule has 5 rings (SSSR count). The summed E-state index contributed by atoms with van der Waals surface area (Å²) in [6.07, 6.45) is -13.5. The summed E-state index contributed by atoms with van der Waals surface area (Å²) in [6.45, 7) is -0.273.